The van der Waals surface area contributed by atoms with Gasteiger partial charge in [-0.3, -0.25) is 14.6 Å². The van der Waals surface area contributed by atoms with Crippen LogP contribution in [0, 0.1) is 13.8 Å². The minimum Gasteiger partial charge on any atom is -0.480 e. The lowest BCUT2D eigenvalue weighted by Crippen LogP contribution is -2.42. The maximum atomic E-state index is 12.6. The average Bonchev–Trinajstić information content (AvgIpc) is 2.76. The molecule has 2 aromatic heterocycles. The van der Waals surface area contributed by atoms with Crippen LogP contribution in [0.25, 0.3) is 0 Å². The molecule has 1 atom stereocenters. The van der Waals surface area contributed by atoms with Gasteiger partial charge in [-0.15, -0.1) is 0 Å². The molecule has 0 radical (unpaired) electrons. The first kappa shape index (κ1) is 24.4. The second-order valence-electron chi connectivity index (χ2n) is 8.37. The second kappa shape index (κ2) is 11.6. The molecular formula is C24H32N4O5. The number of unbranched alkanes of at least 4 members (excludes halogenated alkanes) is 1. The number of aromatic nitrogens is 2. The van der Waals surface area contributed by atoms with Gasteiger partial charge in [0, 0.05) is 43.6 Å². The van der Waals surface area contributed by atoms with E-state index in [2.05, 4.69) is 27.8 Å². The fourth-order valence-corrected chi connectivity index (χ4v) is 4.01. The highest BCUT2D eigenvalue weighted by Crippen LogP contribution is 2.20. The molecule has 3 rings (SSSR count). The largest absolute Gasteiger partial charge is 0.480 e. The molecule has 0 saturated carbocycles. The number of H-pyrrole nitrogens is 1. The number of aromatic amines is 1. The van der Waals surface area contributed by atoms with Crippen molar-refractivity contribution in [3.8, 4) is 0 Å². The Bertz CT molecular complexity index is 1020. The number of carbonyl (C=O) groups excluding carboxylic acids is 1. The van der Waals surface area contributed by atoms with Crippen molar-refractivity contribution in [1.29, 1.82) is 0 Å². The predicted octanol–water partition coefficient (Wildman–Crippen LogP) is 2.36. The van der Waals surface area contributed by atoms with Crippen molar-refractivity contribution < 1.29 is 19.4 Å². The zero-order chi connectivity index (χ0) is 23.8. The summed E-state index contributed by atoms with van der Waals surface area (Å²) in [6.45, 7) is 5.00. The standard InChI is InChI=1S/C24H32N4O5/c1-15-14-21(29)26-16(2)22(15)23(30)28-20(24(31)32)10-13-33-12-4-3-6-17-8-9-18-19(27-17)7-5-11-25-18/h8-9,14,20,25H,3-7,10-13H2,1-2H3,(H,26,29)(H,28,30)(H,31,32). The molecule has 1 unspecified atom stereocenters. The maximum absolute atomic E-state index is 12.6. The number of nitrogens with zero attached hydrogens (tertiary/aromatic N) is 1. The number of amides is 1. The fourth-order valence-electron chi connectivity index (χ4n) is 4.01. The number of carbonyl (C=O) groups is 2. The van der Waals surface area contributed by atoms with Crippen LogP contribution in [0.1, 0.15) is 58.7 Å². The molecule has 0 aromatic carbocycles. The first-order valence-corrected chi connectivity index (χ1v) is 11.4. The van der Waals surface area contributed by atoms with Crippen LogP contribution in [0.3, 0.4) is 0 Å². The average molecular weight is 457 g/mol. The number of carboxylic acids is 1. The van der Waals surface area contributed by atoms with Gasteiger partial charge in [-0.25, -0.2) is 4.79 Å². The monoisotopic (exact) mass is 456 g/mol. The van der Waals surface area contributed by atoms with Crippen molar-refractivity contribution in [3.63, 3.8) is 0 Å². The molecule has 0 aliphatic carbocycles. The number of fused-ring (bicyclic) bond motifs is 1. The molecule has 4 N–H and O–H groups in total. The maximum Gasteiger partial charge on any atom is 0.326 e. The molecule has 178 valence electrons. The van der Waals surface area contributed by atoms with Crippen LogP contribution < -0.4 is 16.2 Å². The van der Waals surface area contributed by atoms with Crippen LogP contribution in [0.4, 0.5) is 5.69 Å². The van der Waals surface area contributed by atoms with Crippen molar-refractivity contribution in [2.24, 2.45) is 0 Å². The van der Waals surface area contributed by atoms with Gasteiger partial charge < -0.3 is 25.5 Å². The van der Waals surface area contributed by atoms with E-state index in [1.165, 1.54) is 6.07 Å². The number of pyridine rings is 2. The summed E-state index contributed by atoms with van der Waals surface area (Å²) in [4.78, 5) is 42.9. The zero-order valence-corrected chi connectivity index (χ0v) is 19.2. The molecule has 2 aromatic rings. The normalized spacial score (nSPS) is 13.6. The number of aryl methyl sites for hydroxylation is 4. The summed E-state index contributed by atoms with van der Waals surface area (Å²) in [6, 6.07) is 4.40. The molecule has 9 nitrogen and oxygen atoms in total. The first-order chi connectivity index (χ1) is 15.8. The SMILES string of the molecule is Cc1cc(=O)[nH]c(C)c1C(=O)NC(CCOCCCCc1ccc2c(n1)CCCN2)C(=O)O. The summed E-state index contributed by atoms with van der Waals surface area (Å²) in [5, 5.41) is 15.4. The van der Waals surface area contributed by atoms with Gasteiger partial charge in [0.2, 0.25) is 5.56 Å². The summed E-state index contributed by atoms with van der Waals surface area (Å²) in [5.41, 5.74) is 4.25. The Kier molecular flexibility index (Phi) is 8.59. The third kappa shape index (κ3) is 6.89. The van der Waals surface area contributed by atoms with Crippen LogP contribution in [0.15, 0.2) is 23.0 Å². The summed E-state index contributed by atoms with van der Waals surface area (Å²) < 4.78 is 5.60. The molecule has 9 heteroatoms. The number of carboxylic acid groups (broad SMARTS) is 1. The van der Waals surface area contributed by atoms with E-state index in [1.54, 1.807) is 13.8 Å². The Hall–Kier alpha value is -3.20. The molecule has 1 amide bonds. The van der Waals surface area contributed by atoms with E-state index in [9.17, 15) is 19.5 Å². The number of hydrogen-bond acceptors (Lipinski definition) is 6. The Morgan fingerprint density at radius 3 is 2.82 bits per heavy atom. The highest BCUT2D eigenvalue weighted by molar-refractivity contribution is 5.98. The number of ether oxygens (including phenoxy) is 1. The summed E-state index contributed by atoms with van der Waals surface area (Å²) in [6.07, 6.45) is 4.94. The van der Waals surface area contributed by atoms with Crippen molar-refractivity contribution in [2.45, 2.75) is 58.4 Å². The molecule has 0 saturated heterocycles. The number of rotatable bonds is 11. The number of hydrogen-bond donors (Lipinski definition) is 4. The molecule has 0 bridgehead atoms. The molecule has 3 heterocycles. The topological polar surface area (TPSA) is 133 Å². The Morgan fingerprint density at radius 1 is 1.24 bits per heavy atom. The van der Waals surface area contributed by atoms with Gasteiger partial charge >= 0.3 is 5.97 Å². The quantitative estimate of drug-likeness (QED) is 0.381. The van der Waals surface area contributed by atoms with Crippen LogP contribution in [0.5, 0.6) is 0 Å². The van der Waals surface area contributed by atoms with Gasteiger partial charge in [0.15, 0.2) is 0 Å². The number of aliphatic carboxylic acids is 1. The predicted molar refractivity (Wildman–Crippen MR) is 125 cm³/mol. The first-order valence-electron chi connectivity index (χ1n) is 11.4. The lowest BCUT2D eigenvalue weighted by atomic mass is 10.1. The van der Waals surface area contributed by atoms with Crippen LogP contribution >= 0.6 is 0 Å². The van der Waals surface area contributed by atoms with E-state index in [0.717, 1.165) is 55.7 Å². The second-order valence-corrected chi connectivity index (χ2v) is 8.37. The number of nitrogens with one attached hydrogen (secondary N) is 3. The van der Waals surface area contributed by atoms with Gasteiger partial charge in [-0.05, 0) is 63.6 Å². The van der Waals surface area contributed by atoms with Crippen LogP contribution in [-0.4, -0.2) is 52.8 Å². The van der Waals surface area contributed by atoms with Crippen molar-refractivity contribution in [3.05, 3.63) is 56.8 Å². The highest BCUT2D eigenvalue weighted by atomic mass is 16.5. The smallest absolute Gasteiger partial charge is 0.326 e. The van der Waals surface area contributed by atoms with E-state index in [4.69, 9.17) is 9.72 Å². The van der Waals surface area contributed by atoms with Gasteiger partial charge in [-0.1, -0.05) is 0 Å². The highest BCUT2D eigenvalue weighted by Gasteiger charge is 2.22. The number of anilines is 1. The van der Waals surface area contributed by atoms with Crippen molar-refractivity contribution >= 4 is 17.6 Å². The van der Waals surface area contributed by atoms with Gasteiger partial charge in [0.1, 0.15) is 6.04 Å². The summed E-state index contributed by atoms with van der Waals surface area (Å²) in [7, 11) is 0. The van der Waals surface area contributed by atoms with Gasteiger partial charge in [-0.2, -0.15) is 0 Å². The van der Waals surface area contributed by atoms with Crippen LogP contribution in [-0.2, 0) is 22.4 Å². The van der Waals surface area contributed by atoms with E-state index in [-0.39, 0.29) is 24.2 Å². The third-order valence-electron chi connectivity index (χ3n) is 5.72. The van der Waals surface area contributed by atoms with Crippen molar-refractivity contribution in [2.75, 3.05) is 25.1 Å². The Balaban J connectivity index is 1.38. The molecular weight excluding hydrogens is 424 g/mol. The van der Waals surface area contributed by atoms with Gasteiger partial charge in [0.05, 0.1) is 16.9 Å². The molecule has 1 aliphatic heterocycles. The Morgan fingerprint density at radius 2 is 2.06 bits per heavy atom. The lowest BCUT2D eigenvalue weighted by molar-refractivity contribution is -0.139. The Labute approximate surface area is 193 Å². The van der Waals surface area contributed by atoms with E-state index < -0.39 is 17.9 Å². The van der Waals surface area contributed by atoms with Gasteiger partial charge in [0.25, 0.3) is 5.91 Å². The van der Waals surface area contributed by atoms with E-state index in [0.29, 0.717) is 17.9 Å². The molecule has 0 spiro atoms. The minimum absolute atomic E-state index is 0.155. The molecule has 0 fully saturated rings. The fraction of sp³-hybridized carbons (Fsp3) is 0.500. The van der Waals surface area contributed by atoms with E-state index in [1.807, 2.05) is 0 Å². The summed E-state index contributed by atoms with van der Waals surface area (Å²) >= 11 is 0. The van der Waals surface area contributed by atoms with E-state index >= 15 is 0 Å². The van der Waals surface area contributed by atoms with Crippen LogP contribution in [0.2, 0.25) is 0 Å². The zero-order valence-electron chi connectivity index (χ0n) is 19.2. The third-order valence-corrected chi connectivity index (χ3v) is 5.72. The lowest BCUT2D eigenvalue weighted by Gasteiger charge is -2.17. The summed E-state index contributed by atoms with van der Waals surface area (Å²) in [5.74, 6) is -1.65. The van der Waals surface area contributed by atoms with Crippen molar-refractivity contribution in [1.82, 2.24) is 15.3 Å². The molecule has 1 aliphatic rings. The minimum atomic E-state index is -1.13. The molecule has 33 heavy (non-hydrogen) atoms.